The van der Waals surface area contributed by atoms with Crippen molar-refractivity contribution in [2.45, 2.75) is 17.4 Å². The van der Waals surface area contributed by atoms with Crippen LogP contribution < -0.4 is 10.6 Å². The van der Waals surface area contributed by atoms with E-state index >= 15 is 0 Å². The Hall–Kier alpha value is -2.76. The maximum atomic E-state index is 12.9. The van der Waals surface area contributed by atoms with Crippen LogP contribution in [0.1, 0.15) is 16.8 Å². The molecule has 0 spiro atoms. The van der Waals surface area contributed by atoms with Crippen LogP contribution >= 0.6 is 12.6 Å². The zero-order valence-corrected chi connectivity index (χ0v) is 19.8. The lowest BCUT2D eigenvalue weighted by Gasteiger charge is -2.18. The first kappa shape index (κ1) is 26.5. The predicted molar refractivity (Wildman–Crippen MR) is 126 cm³/mol. The Morgan fingerprint density at radius 1 is 1.24 bits per heavy atom. The first-order chi connectivity index (χ1) is 15.7. The summed E-state index contributed by atoms with van der Waals surface area (Å²) in [6.07, 6.45) is 4.44. The molecule has 2 N–H and O–H groups in total. The Morgan fingerprint density at radius 3 is 2.52 bits per heavy atom. The van der Waals surface area contributed by atoms with Crippen LogP contribution in [0.5, 0.6) is 0 Å². The second-order valence-corrected chi connectivity index (χ2v) is 9.02. The molecule has 178 valence electrons. The molecule has 0 aromatic heterocycles. The highest BCUT2D eigenvalue weighted by Gasteiger charge is 2.41. The van der Waals surface area contributed by atoms with E-state index in [1.807, 2.05) is 0 Å². The summed E-state index contributed by atoms with van der Waals surface area (Å²) in [6, 6.07) is 3.59. The Bertz CT molecular complexity index is 979. The summed E-state index contributed by atoms with van der Waals surface area (Å²) in [7, 11) is -1.44. The summed E-state index contributed by atoms with van der Waals surface area (Å²) in [5.74, 6) is -3.43. The van der Waals surface area contributed by atoms with Gasteiger partial charge < -0.3 is 20.1 Å². The number of ether oxygens (including phenoxy) is 2. The van der Waals surface area contributed by atoms with Crippen molar-refractivity contribution in [1.82, 2.24) is 5.32 Å². The number of rotatable bonds is 11. The minimum absolute atomic E-state index is 0.0234. The van der Waals surface area contributed by atoms with Crippen LogP contribution in [-0.4, -0.2) is 59.2 Å². The van der Waals surface area contributed by atoms with Crippen LogP contribution in [-0.2, 0) is 34.7 Å². The molecular weight excluding hydrogens is 468 g/mol. The monoisotopic (exact) mass is 494 g/mol. The maximum Gasteiger partial charge on any atom is 0.338 e. The molecule has 1 fully saturated rings. The first-order valence-corrected chi connectivity index (χ1v) is 12.0. The van der Waals surface area contributed by atoms with Gasteiger partial charge in [-0.1, -0.05) is 25.3 Å². The van der Waals surface area contributed by atoms with Gasteiger partial charge in [0.25, 0.3) is 0 Å². The molecule has 0 saturated carbocycles. The van der Waals surface area contributed by atoms with Crippen LogP contribution in [0.2, 0.25) is 0 Å². The fraction of sp³-hybridized carbons (Fsp3) is 0.364. The fourth-order valence-electron chi connectivity index (χ4n) is 3.39. The third kappa shape index (κ3) is 7.11. The van der Waals surface area contributed by atoms with Gasteiger partial charge in [-0.05, 0) is 30.5 Å². The number of thiol groups is 1. The van der Waals surface area contributed by atoms with Crippen LogP contribution in [0, 0.1) is 11.8 Å². The maximum absolute atomic E-state index is 12.9. The Balaban J connectivity index is 2.16. The van der Waals surface area contributed by atoms with Crippen LogP contribution in [0.15, 0.2) is 48.4 Å². The molecule has 1 aliphatic rings. The number of nitrogens with one attached hydrogen (secondary N) is 2. The average Bonchev–Trinajstić information content (AvgIpc) is 3.25. The molecular formula is C22H26N2O7S2. The van der Waals surface area contributed by atoms with Gasteiger partial charge in [0, 0.05) is 12.8 Å². The Morgan fingerprint density at radius 2 is 1.91 bits per heavy atom. The molecule has 2 rings (SSSR count). The van der Waals surface area contributed by atoms with Crippen LogP contribution in [0.25, 0.3) is 0 Å². The van der Waals surface area contributed by atoms with E-state index in [4.69, 9.17) is 9.47 Å². The zero-order valence-electron chi connectivity index (χ0n) is 18.1. The van der Waals surface area contributed by atoms with E-state index in [0.29, 0.717) is 4.90 Å². The molecule has 33 heavy (non-hydrogen) atoms. The van der Waals surface area contributed by atoms with Crippen molar-refractivity contribution in [2.75, 3.05) is 31.3 Å². The molecule has 1 aliphatic heterocycles. The van der Waals surface area contributed by atoms with Crippen molar-refractivity contribution in [1.29, 1.82) is 0 Å². The second kappa shape index (κ2) is 12.5. The molecule has 1 heterocycles. The lowest BCUT2D eigenvalue weighted by molar-refractivity contribution is -0.151. The third-order valence-electron chi connectivity index (χ3n) is 4.93. The number of hydrogen-bond donors (Lipinski definition) is 3. The summed E-state index contributed by atoms with van der Waals surface area (Å²) in [6.45, 7) is 7.14. The van der Waals surface area contributed by atoms with Gasteiger partial charge in [-0.2, -0.15) is 0 Å². The summed E-state index contributed by atoms with van der Waals surface area (Å²) in [4.78, 5) is 49.5. The summed E-state index contributed by atoms with van der Waals surface area (Å²) >= 11 is 3.80. The molecule has 1 saturated heterocycles. The number of benzene rings is 1. The fourth-order valence-corrected chi connectivity index (χ4v) is 4.38. The van der Waals surface area contributed by atoms with Gasteiger partial charge in [0.05, 0.1) is 33.0 Å². The smallest absolute Gasteiger partial charge is 0.338 e. The number of amides is 1. The minimum atomic E-state index is -1.44. The van der Waals surface area contributed by atoms with Gasteiger partial charge in [0.2, 0.25) is 5.91 Å². The van der Waals surface area contributed by atoms with E-state index < -0.39 is 51.6 Å². The number of esters is 2. The van der Waals surface area contributed by atoms with Gasteiger partial charge in [0.15, 0.2) is 5.12 Å². The largest absolute Gasteiger partial charge is 0.461 e. The molecule has 9 nitrogen and oxygen atoms in total. The van der Waals surface area contributed by atoms with Gasteiger partial charge in [-0.3, -0.25) is 18.6 Å². The molecule has 1 aromatic carbocycles. The first-order valence-electron chi connectivity index (χ1n) is 9.99. The highest BCUT2D eigenvalue weighted by Crippen LogP contribution is 2.28. The van der Waals surface area contributed by atoms with Crippen molar-refractivity contribution in [2.24, 2.45) is 11.8 Å². The van der Waals surface area contributed by atoms with E-state index in [1.165, 1.54) is 36.6 Å². The molecule has 0 aliphatic carbocycles. The standard InChI is InChI=1S/C22H26N2O7S2/c1-4-8-30-20(26)13-6-7-17(33(3)29)15(10-13)24-19(25)16-11-14(12-23-16)18(22(28)32)21(27)31-9-5-2/h4-7,10,14,16,18,23H,1-2,8-9,11-12H2,3H3,(H,24,25)(H,28,32). The number of carbonyl (C=O) groups excluding carboxylic acids is 4. The van der Waals surface area contributed by atoms with Gasteiger partial charge >= 0.3 is 11.9 Å². The summed E-state index contributed by atoms with van der Waals surface area (Å²) in [5.41, 5.74) is 0.371. The van der Waals surface area contributed by atoms with Gasteiger partial charge in [-0.25, -0.2) is 4.79 Å². The Labute approximate surface area is 199 Å². The van der Waals surface area contributed by atoms with E-state index in [-0.39, 0.29) is 37.4 Å². The van der Waals surface area contributed by atoms with Crippen molar-refractivity contribution in [3.05, 3.63) is 49.1 Å². The van der Waals surface area contributed by atoms with Gasteiger partial charge in [-0.15, -0.1) is 12.6 Å². The molecule has 11 heteroatoms. The van der Waals surface area contributed by atoms with Gasteiger partial charge in [0.1, 0.15) is 19.1 Å². The summed E-state index contributed by atoms with van der Waals surface area (Å²) < 4.78 is 22.1. The molecule has 1 aromatic rings. The number of carbonyl (C=O) groups is 4. The van der Waals surface area contributed by atoms with Crippen molar-refractivity contribution >= 4 is 52.1 Å². The van der Waals surface area contributed by atoms with Crippen molar-refractivity contribution in [3.8, 4) is 0 Å². The summed E-state index contributed by atoms with van der Waals surface area (Å²) in [5, 5.41) is 5.02. The molecule has 0 radical (unpaired) electrons. The zero-order chi connectivity index (χ0) is 24.5. The Kier molecular flexibility index (Phi) is 10.0. The van der Waals surface area contributed by atoms with E-state index in [2.05, 4.69) is 36.4 Å². The highest BCUT2D eigenvalue weighted by molar-refractivity contribution is 7.96. The van der Waals surface area contributed by atoms with Crippen LogP contribution in [0.3, 0.4) is 0 Å². The third-order valence-corrected chi connectivity index (χ3v) is 6.18. The quantitative estimate of drug-likeness (QED) is 0.183. The van der Waals surface area contributed by atoms with E-state index in [9.17, 15) is 23.4 Å². The molecule has 0 bridgehead atoms. The average molecular weight is 495 g/mol. The second-order valence-electron chi connectivity index (χ2n) is 7.23. The van der Waals surface area contributed by atoms with Crippen LogP contribution in [0.4, 0.5) is 5.69 Å². The van der Waals surface area contributed by atoms with E-state index in [0.717, 1.165) is 0 Å². The molecule has 4 atom stereocenters. The lowest BCUT2D eigenvalue weighted by Crippen LogP contribution is -2.35. The highest BCUT2D eigenvalue weighted by atomic mass is 32.2. The van der Waals surface area contributed by atoms with E-state index in [1.54, 1.807) is 0 Å². The SMILES string of the molecule is C=CCOC(=O)c1ccc(S(C)=O)c(NC(=O)C2CC(C(C(=O)S)C(=O)OCC=C)CN2)c1. The molecule has 4 unspecified atom stereocenters. The number of anilines is 1. The minimum Gasteiger partial charge on any atom is -0.461 e. The predicted octanol–water partition coefficient (Wildman–Crippen LogP) is 1.49. The molecule has 1 amide bonds. The number of hydrogen-bond acceptors (Lipinski definition) is 8. The van der Waals surface area contributed by atoms with Crippen molar-refractivity contribution in [3.63, 3.8) is 0 Å². The normalized spacial score (nSPS) is 19.1. The van der Waals surface area contributed by atoms with Crippen molar-refractivity contribution < 1.29 is 32.9 Å². The topological polar surface area (TPSA) is 128 Å². The lowest BCUT2D eigenvalue weighted by atomic mass is 9.90.